The molecule has 0 bridgehead atoms. The van der Waals surface area contributed by atoms with Crippen molar-refractivity contribution < 1.29 is 34.1 Å². The van der Waals surface area contributed by atoms with Crippen LogP contribution in [-0.2, 0) is 19.1 Å². The second-order valence-corrected chi connectivity index (χ2v) is 3.46. The van der Waals surface area contributed by atoms with Crippen LogP contribution >= 0.6 is 0 Å². The molecule has 9 nitrogen and oxygen atoms in total. The van der Waals surface area contributed by atoms with E-state index in [-0.39, 0.29) is 13.0 Å². The first-order chi connectivity index (χ1) is 8.86. The highest BCUT2D eigenvalue weighted by atomic mass is 16.5. The van der Waals surface area contributed by atoms with E-state index in [1.54, 1.807) is 6.92 Å². The fraction of sp³-hybridized carbons (Fsp3) is 0.600. The van der Waals surface area contributed by atoms with E-state index in [9.17, 15) is 19.2 Å². The average Bonchev–Trinajstić information content (AvgIpc) is 2.31. The summed E-state index contributed by atoms with van der Waals surface area (Å²) in [7, 11) is 0. The predicted molar refractivity (Wildman–Crippen MR) is 61.5 cm³/mol. The number of carboxylic acid groups (broad SMARTS) is 2. The van der Waals surface area contributed by atoms with E-state index < -0.39 is 42.9 Å². The highest BCUT2D eigenvalue weighted by molar-refractivity contribution is 5.85. The molecular formula is C10H16N2O7. The number of hydrogen-bond acceptors (Lipinski definition) is 5. The van der Waals surface area contributed by atoms with E-state index >= 15 is 0 Å². The van der Waals surface area contributed by atoms with Crippen LogP contribution in [0, 0.1) is 0 Å². The number of rotatable bonds is 8. The second-order valence-electron chi connectivity index (χ2n) is 3.46. The Bertz CT molecular complexity index is 356. The maximum Gasteiger partial charge on any atom is 0.326 e. The van der Waals surface area contributed by atoms with Gasteiger partial charge in [-0.15, -0.1) is 0 Å². The third-order valence-corrected chi connectivity index (χ3v) is 1.95. The Balaban J connectivity index is 4.13. The standard InChI is InChI=1S/C10H16N2O7/c1-2-19-8(15)5-11-10(18)12-6(9(16)17)3-4-7(13)14/h6H,2-5H2,1H3,(H,13,14)(H,16,17)(H2,11,12,18). The molecule has 1 atom stereocenters. The summed E-state index contributed by atoms with van der Waals surface area (Å²) in [6, 6.07) is -2.22. The molecule has 0 aromatic carbocycles. The molecule has 0 rings (SSSR count). The minimum absolute atomic E-state index is 0.165. The largest absolute Gasteiger partial charge is 0.481 e. The summed E-state index contributed by atoms with van der Waals surface area (Å²) in [5.41, 5.74) is 0. The number of carbonyl (C=O) groups is 4. The molecule has 0 aromatic rings. The van der Waals surface area contributed by atoms with Crippen molar-refractivity contribution in [1.29, 1.82) is 0 Å². The van der Waals surface area contributed by atoms with Crippen molar-refractivity contribution in [2.75, 3.05) is 13.2 Å². The Hall–Kier alpha value is -2.32. The molecule has 0 fully saturated rings. The lowest BCUT2D eigenvalue weighted by atomic mass is 10.1. The van der Waals surface area contributed by atoms with Crippen molar-refractivity contribution in [1.82, 2.24) is 10.6 Å². The quantitative estimate of drug-likeness (QED) is 0.423. The van der Waals surface area contributed by atoms with Gasteiger partial charge in [0, 0.05) is 6.42 Å². The fourth-order valence-electron chi connectivity index (χ4n) is 1.10. The van der Waals surface area contributed by atoms with E-state index in [1.165, 1.54) is 0 Å². The lowest BCUT2D eigenvalue weighted by molar-refractivity contribution is -0.142. The van der Waals surface area contributed by atoms with E-state index in [0.717, 1.165) is 0 Å². The number of urea groups is 1. The van der Waals surface area contributed by atoms with Crippen LogP contribution in [0.15, 0.2) is 0 Å². The summed E-state index contributed by atoms with van der Waals surface area (Å²) in [6.07, 6.45) is -0.646. The summed E-state index contributed by atoms with van der Waals surface area (Å²) < 4.78 is 4.55. The summed E-state index contributed by atoms with van der Waals surface area (Å²) >= 11 is 0. The first-order valence-corrected chi connectivity index (χ1v) is 5.51. The van der Waals surface area contributed by atoms with E-state index in [4.69, 9.17) is 10.2 Å². The van der Waals surface area contributed by atoms with Crippen LogP contribution in [0.1, 0.15) is 19.8 Å². The van der Waals surface area contributed by atoms with Crippen LogP contribution in [0.25, 0.3) is 0 Å². The Morgan fingerprint density at radius 2 is 1.84 bits per heavy atom. The molecule has 0 radical (unpaired) electrons. The van der Waals surface area contributed by atoms with Gasteiger partial charge >= 0.3 is 23.9 Å². The van der Waals surface area contributed by atoms with Crippen molar-refractivity contribution in [3.05, 3.63) is 0 Å². The minimum Gasteiger partial charge on any atom is -0.481 e. The van der Waals surface area contributed by atoms with Crippen molar-refractivity contribution in [2.24, 2.45) is 0 Å². The lowest BCUT2D eigenvalue weighted by Gasteiger charge is -2.13. The SMILES string of the molecule is CCOC(=O)CNC(=O)NC(CCC(=O)O)C(=O)O. The molecule has 4 N–H and O–H groups in total. The maximum absolute atomic E-state index is 11.3. The van der Waals surface area contributed by atoms with Crippen LogP contribution in [0.5, 0.6) is 0 Å². The van der Waals surface area contributed by atoms with Crippen LogP contribution in [0.2, 0.25) is 0 Å². The zero-order chi connectivity index (χ0) is 14.8. The predicted octanol–water partition coefficient (Wildman–Crippen LogP) is -0.833. The van der Waals surface area contributed by atoms with Gasteiger partial charge in [0.2, 0.25) is 0 Å². The van der Waals surface area contributed by atoms with Gasteiger partial charge in [0.1, 0.15) is 12.6 Å². The molecule has 2 amide bonds. The number of aliphatic carboxylic acids is 2. The van der Waals surface area contributed by atoms with Crippen LogP contribution in [0.4, 0.5) is 4.79 Å². The second kappa shape index (κ2) is 8.72. The zero-order valence-electron chi connectivity index (χ0n) is 10.3. The molecule has 0 aliphatic rings. The van der Waals surface area contributed by atoms with Gasteiger partial charge < -0.3 is 25.6 Å². The third kappa shape index (κ3) is 8.41. The molecule has 0 spiro atoms. The lowest BCUT2D eigenvalue weighted by Crippen LogP contribution is -2.47. The third-order valence-electron chi connectivity index (χ3n) is 1.95. The normalized spacial score (nSPS) is 11.2. The van der Waals surface area contributed by atoms with Crippen LogP contribution in [-0.4, -0.2) is 53.3 Å². The fourth-order valence-corrected chi connectivity index (χ4v) is 1.10. The number of hydrogen-bond donors (Lipinski definition) is 4. The topological polar surface area (TPSA) is 142 Å². The number of carbonyl (C=O) groups excluding carboxylic acids is 2. The van der Waals surface area contributed by atoms with Crippen LogP contribution < -0.4 is 10.6 Å². The summed E-state index contributed by atoms with van der Waals surface area (Å²) in [4.78, 5) is 43.3. The van der Waals surface area contributed by atoms with Crippen molar-refractivity contribution >= 4 is 23.9 Å². The first-order valence-electron chi connectivity index (χ1n) is 5.51. The highest BCUT2D eigenvalue weighted by Gasteiger charge is 2.21. The van der Waals surface area contributed by atoms with Gasteiger partial charge in [-0.1, -0.05) is 0 Å². The molecule has 9 heteroatoms. The molecule has 0 saturated heterocycles. The Morgan fingerprint density at radius 1 is 1.21 bits per heavy atom. The summed E-state index contributed by atoms with van der Waals surface area (Å²) in [5, 5.41) is 21.4. The summed E-state index contributed by atoms with van der Waals surface area (Å²) in [6.45, 7) is 1.37. The van der Waals surface area contributed by atoms with Gasteiger partial charge in [0.15, 0.2) is 0 Å². The van der Waals surface area contributed by atoms with Crippen molar-refractivity contribution in [3.63, 3.8) is 0 Å². The van der Waals surface area contributed by atoms with Gasteiger partial charge in [-0.3, -0.25) is 9.59 Å². The van der Waals surface area contributed by atoms with Gasteiger partial charge in [-0.25, -0.2) is 9.59 Å². The minimum atomic E-state index is -1.35. The van der Waals surface area contributed by atoms with Gasteiger partial charge in [0.25, 0.3) is 0 Å². The highest BCUT2D eigenvalue weighted by Crippen LogP contribution is 1.97. The molecular weight excluding hydrogens is 260 g/mol. The molecule has 108 valence electrons. The summed E-state index contributed by atoms with van der Waals surface area (Å²) in [5.74, 6) is -3.18. The monoisotopic (exact) mass is 276 g/mol. The average molecular weight is 276 g/mol. The van der Waals surface area contributed by atoms with E-state index in [2.05, 4.69) is 10.1 Å². The Labute approximate surface area is 108 Å². The van der Waals surface area contributed by atoms with Crippen molar-refractivity contribution in [3.8, 4) is 0 Å². The van der Waals surface area contributed by atoms with Crippen molar-refractivity contribution in [2.45, 2.75) is 25.8 Å². The number of ether oxygens (including phenoxy) is 1. The zero-order valence-corrected chi connectivity index (χ0v) is 10.3. The molecule has 0 aliphatic heterocycles. The maximum atomic E-state index is 11.3. The van der Waals surface area contributed by atoms with Gasteiger partial charge in [0.05, 0.1) is 6.61 Å². The molecule has 1 unspecified atom stereocenters. The molecule has 0 aromatic heterocycles. The van der Waals surface area contributed by atoms with Crippen LogP contribution in [0.3, 0.4) is 0 Å². The molecule has 0 heterocycles. The van der Waals surface area contributed by atoms with Gasteiger partial charge in [-0.2, -0.15) is 0 Å². The Morgan fingerprint density at radius 3 is 2.32 bits per heavy atom. The first kappa shape index (κ1) is 16.7. The Kier molecular flexibility index (Phi) is 7.66. The molecule has 19 heavy (non-hydrogen) atoms. The number of carboxylic acids is 2. The van der Waals surface area contributed by atoms with Gasteiger partial charge in [-0.05, 0) is 13.3 Å². The molecule has 0 aliphatic carbocycles. The number of amides is 2. The number of esters is 1. The van der Waals surface area contributed by atoms with E-state index in [0.29, 0.717) is 0 Å². The number of nitrogens with one attached hydrogen (secondary N) is 2. The van der Waals surface area contributed by atoms with E-state index in [1.807, 2.05) is 5.32 Å². The molecule has 0 saturated carbocycles. The smallest absolute Gasteiger partial charge is 0.326 e.